The van der Waals surface area contributed by atoms with E-state index in [-0.39, 0.29) is 0 Å². The van der Waals surface area contributed by atoms with Gasteiger partial charge in [-0.25, -0.2) is 4.79 Å². The van der Waals surface area contributed by atoms with E-state index in [0.717, 1.165) is 36.3 Å². The molecular formula is C16H25NO2S. The van der Waals surface area contributed by atoms with Crippen molar-refractivity contribution in [3.8, 4) is 0 Å². The van der Waals surface area contributed by atoms with Crippen molar-refractivity contribution in [3.63, 3.8) is 0 Å². The van der Waals surface area contributed by atoms with Gasteiger partial charge >= 0.3 is 5.97 Å². The maximum Gasteiger partial charge on any atom is 0.345 e. The molecule has 0 spiro atoms. The maximum absolute atomic E-state index is 11.0. The lowest BCUT2D eigenvalue weighted by molar-refractivity contribution is 0.0702. The molecule has 1 aliphatic rings. The molecule has 0 saturated carbocycles. The number of carboxylic acid groups (broad SMARTS) is 1. The molecule has 4 heteroatoms. The molecule has 0 aromatic carbocycles. The number of rotatable bonds is 4. The fraction of sp³-hybridized carbons (Fsp3) is 0.688. The zero-order valence-corrected chi connectivity index (χ0v) is 13.5. The Morgan fingerprint density at radius 1 is 1.45 bits per heavy atom. The van der Waals surface area contributed by atoms with Crippen LogP contribution in [-0.4, -0.2) is 29.1 Å². The molecular weight excluding hydrogens is 270 g/mol. The minimum Gasteiger partial charge on any atom is -0.477 e. The van der Waals surface area contributed by atoms with Crippen LogP contribution in [0.3, 0.4) is 0 Å². The fourth-order valence-electron chi connectivity index (χ4n) is 3.03. The van der Waals surface area contributed by atoms with Gasteiger partial charge in [0.1, 0.15) is 4.88 Å². The Morgan fingerprint density at radius 2 is 2.20 bits per heavy atom. The molecule has 1 aliphatic heterocycles. The molecule has 1 aromatic rings. The molecule has 112 valence electrons. The molecule has 1 fully saturated rings. The molecule has 20 heavy (non-hydrogen) atoms. The van der Waals surface area contributed by atoms with Crippen LogP contribution in [0.15, 0.2) is 6.07 Å². The standard InChI is InChI=1S/C16H25NO2S/c1-11(2)13-5-4-7-17(8-6-13)10-14-9-15(16(18)19)20-12(14)3/h9,11,13H,4-8,10H2,1-3H3,(H,18,19). The Hall–Kier alpha value is -0.870. The third-order valence-electron chi connectivity index (χ3n) is 4.43. The van der Waals surface area contributed by atoms with Crippen LogP contribution in [-0.2, 0) is 6.54 Å². The Kier molecular flexibility index (Phi) is 5.22. The molecule has 0 aliphatic carbocycles. The van der Waals surface area contributed by atoms with Crippen LogP contribution in [0.4, 0.5) is 0 Å². The smallest absolute Gasteiger partial charge is 0.345 e. The lowest BCUT2D eigenvalue weighted by Crippen LogP contribution is -2.24. The van der Waals surface area contributed by atoms with Crippen molar-refractivity contribution < 1.29 is 9.90 Å². The number of carboxylic acids is 1. The second-order valence-corrected chi connectivity index (χ2v) is 7.46. The maximum atomic E-state index is 11.0. The average Bonchev–Trinajstić information content (AvgIpc) is 2.61. The molecule has 0 radical (unpaired) electrons. The lowest BCUT2D eigenvalue weighted by Gasteiger charge is -2.21. The second-order valence-electron chi connectivity index (χ2n) is 6.21. The summed E-state index contributed by atoms with van der Waals surface area (Å²) in [6, 6.07) is 1.85. The van der Waals surface area contributed by atoms with E-state index in [1.807, 2.05) is 13.0 Å². The first-order valence-electron chi connectivity index (χ1n) is 7.52. The van der Waals surface area contributed by atoms with Gasteiger partial charge in [-0.2, -0.15) is 0 Å². The summed E-state index contributed by atoms with van der Waals surface area (Å²) in [5.74, 6) is 0.815. The Balaban J connectivity index is 1.98. The van der Waals surface area contributed by atoms with Crippen LogP contribution in [0.5, 0.6) is 0 Å². The molecule has 3 nitrogen and oxygen atoms in total. The van der Waals surface area contributed by atoms with Gasteiger partial charge in [0.2, 0.25) is 0 Å². The molecule has 0 amide bonds. The molecule has 2 rings (SSSR count). The minimum atomic E-state index is -0.805. The number of aromatic carboxylic acids is 1. The van der Waals surface area contributed by atoms with Crippen LogP contribution in [0.1, 0.15) is 53.2 Å². The molecule has 1 atom stereocenters. The van der Waals surface area contributed by atoms with E-state index in [0.29, 0.717) is 4.88 Å². The fourth-order valence-corrected chi connectivity index (χ4v) is 3.90. The number of likely N-dealkylation sites (tertiary alicyclic amines) is 1. The summed E-state index contributed by atoms with van der Waals surface area (Å²) in [4.78, 5) is 15.1. The van der Waals surface area contributed by atoms with Gasteiger partial charge in [-0.05, 0) is 62.7 Å². The topological polar surface area (TPSA) is 40.5 Å². The van der Waals surface area contributed by atoms with Crippen molar-refractivity contribution in [2.45, 2.75) is 46.6 Å². The quantitative estimate of drug-likeness (QED) is 0.912. The average molecular weight is 295 g/mol. The largest absolute Gasteiger partial charge is 0.477 e. The van der Waals surface area contributed by atoms with Crippen molar-refractivity contribution in [2.75, 3.05) is 13.1 Å². The predicted molar refractivity (Wildman–Crippen MR) is 83.5 cm³/mol. The van der Waals surface area contributed by atoms with E-state index in [2.05, 4.69) is 18.7 Å². The van der Waals surface area contributed by atoms with E-state index in [1.54, 1.807) is 0 Å². The summed E-state index contributed by atoms with van der Waals surface area (Å²) in [5, 5.41) is 9.07. The zero-order valence-electron chi connectivity index (χ0n) is 12.7. The normalized spacial score (nSPS) is 21.1. The first kappa shape index (κ1) is 15.5. The van der Waals surface area contributed by atoms with Crippen molar-refractivity contribution in [1.29, 1.82) is 0 Å². The predicted octanol–water partition coefficient (Wildman–Crippen LogP) is 4.01. The monoisotopic (exact) mass is 295 g/mol. The van der Waals surface area contributed by atoms with E-state index in [1.165, 1.54) is 36.2 Å². The highest BCUT2D eigenvalue weighted by atomic mass is 32.1. The summed E-state index contributed by atoms with van der Waals surface area (Å²) >= 11 is 1.40. The van der Waals surface area contributed by atoms with Crippen molar-refractivity contribution >= 4 is 17.3 Å². The van der Waals surface area contributed by atoms with Gasteiger partial charge in [0.05, 0.1) is 0 Å². The molecule has 1 aromatic heterocycles. The van der Waals surface area contributed by atoms with Crippen LogP contribution in [0.25, 0.3) is 0 Å². The van der Waals surface area contributed by atoms with Gasteiger partial charge in [0.25, 0.3) is 0 Å². The number of nitrogens with zero attached hydrogens (tertiary/aromatic N) is 1. The molecule has 1 saturated heterocycles. The zero-order chi connectivity index (χ0) is 14.7. The number of carbonyl (C=O) groups is 1. The third-order valence-corrected chi connectivity index (χ3v) is 5.51. The molecule has 1 unspecified atom stereocenters. The van der Waals surface area contributed by atoms with Gasteiger partial charge in [0, 0.05) is 11.4 Å². The third kappa shape index (κ3) is 3.83. The second kappa shape index (κ2) is 6.72. The minimum absolute atomic E-state index is 0.465. The highest BCUT2D eigenvalue weighted by molar-refractivity contribution is 7.14. The Morgan fingerprint density at radius 3 is 2.80 bits per heavy atom. The van der Waals surface area contributed by atoms with E-state index in [9.17, 15) is 4.79 Å². The first-order valence-corrected chi connectivity index (χ1v) is 8.34. The van der Waals surface area contributed by atoms with E-state index < -0.39 is 5.97 Å². The lowest BCUT2D eigenvalue weighted by atomic mass is 9.89. The molecule has 0 bridgehead atoms. The SMILES string of the molecule is Cc1sc(C(=O)O)cc1CN1CCCC(C(C)C)CC1. The van der Waals surface area contributed by atoms with Crippen LogP contribution < -0.4 is 0 Å². The van der Waals surface area contributed by atoms with Crippen LogP contribution in [0.2, 0.25) is 0 Å². The van der Waals surface area contributed by atoms with Crippen LogP contribution >= 0.6 is 11.3 Å². The van der Waals surface area contributed by atoms with Crippen molar-refractivity contribution in [1.82, 2.24) is 4.90 Å². The highest BCUT2D eigenvalue weighted by Crippen LogP contribution is 2.27. The summed E-state index contributed by atoms with van der Waals surface area (Å²) in [6.07, 6.45) is 3.86. The number of hydrogen-bond acceptors (Lipinski definition) is 3. The number of aryl methyl sites for hydroxylation is 1. The van der Waals surface area contributed by atoms with E-state index >= 15 is 0 Å². The van der Waals surface area contributed by atoms with Gasteiger partial charge in [-0.15, -0.1) is 11.3 Å². The molecule has 1 N–H and O–H groups in total. The number of thiophene rings is 1. The highest BCUT2D eigenvalue weighted by Gasteiger charge is 2.20. The van der Waals surface area contributed by atoms with Crippen LogP contribution in [0, 0.1) is 18.8 Å². The van der Waals surface area contributed by atoms with Gasteiger partial charge in [-0.1, -0.05) is 13.8 Å². The van der Waals surface area contributed by atoms with E-state index in [4.69, 9.17) is 5.11 Å². The summed E-state index contributed by atoms with van der Waals surface area (Å²) in [5.41, 5.74) is 1.19. The summed E-state index contributed by atoms with van der Waals surface area (Å²) < 4.78 is 0. The number of hydrogen-bond donors (Lipinski definition) is 1. The summed E-state index contributed by atoms with van der Waals surface area (Å²) in [7, 11) is 0. The van der Waals surface area contributed by atoms with Crippen molar-refractivity contribution in [2.24, 2.45) is 11.8 Å². The molecule has 2 heterocycles. The van der Waals surface area contributed by atoms with Gasteiger partial charge in [0.15, 0.2) is 0 Å². The van der Waals surface area contributed by atoms with Crippen molar-refractivity contribution in [3.05, 3.63) is 21.4 Å². The van der Waals surface area contributed by atoms with Gasteiger partial charge < -0.3 is 5.11 Å². The first-order chi connectivity index (χ1) is 9.47. The Bertz CT molecular complexity index is 467. The van der Waals surface area contributed by atoms with Gasteiger partial charge in [-0.3, -0.25) is 4.90 Å². The summed E-state index contributed by atoms with van der Waals surface area (Å²) in [6.45, 7) is 9.86. The Labute approximate surface area is 125 Å².